The Balaban J connectivity index is 2.21. The van der Waals surface area contributed by atoms with Crippen LogP contribution in [0.25, 0.3) is 0 Å². The van der Waals surface area contributed by atoms with Gasteiger partial charge in [0.05, 0.1) is 5.56 Å². The molecule has 0 unspecified atom stereocenters. The Labute approximate surface area is 107 Å². The van der Waals surface area contributed by atoms with Crippen molar-refractivity contribution in [2.45, 2.75) is 6.61 Å². The van der Waals surface area contributed by atoms with Gasteiger partial charge in [0.15, 0.2) is 17.4 Å². The highest BCUT2D eigenvalue weighted by molar-refractivity contribution is 5.87. The summed E-state index contributed by atoms with van der Waals surface area (Å²) in [7, 11) is 1.71. The van der Waals surface area contributed by atoms with E-state index in [4.69, 9.17) is 9.84 Å². The van der Waals surface area contributed by atoms with E-state index in [0.717, 1.165) is 0 Å². The summed E-state index contributed by atoms with van der Waals surface area (Å²) in [5, 5.41) is 8.65. The van der Waals surface area contributed by atoms with Crippen molar-refractivity contribution >= 4 is 5.97 Å². The number of aromatic nitrogens is 2. The monoisotopic (exact) mass is 268 g/mol. The van der Waals surface area contributed by atoms with Crippen molar-refractivity contribution in [2.24, 2.45) is 7.05 Å². The predicted molar refractivity (Wildman–Crippen MR) is 60.9 cm³/mol. The third kappa shape index (κ3) is 2.70. The van der Waals surface area contributed by atoms with Gasteiger partial charge in [0, 0.05) is 19.4 Å². The minimum absolute atomic E-state index is 0.121. The number of hydrogen-bond donors (Lipinski definition) is 1. The van der Waals surface area contributed by atoms with Crippen molar-refractivity contribution in [3.63, 3.8) is 0 Å². The molecular weight excluding hydrogens is 258 g/mol. The largest absolute Gasteiger partial charge is 0.480 e. The normalized spacial score (nSPS) is 10.5. The zero-order valence-corrected chi connectivity index (χ0v) is 9.93. The third-order valence-corrected chi connectivity index (χ3v) is 2.51. The molecule has 0 radical (unpaired) electrons. The van der Waals surface area contributed by atoms with Crippen molar-refractivity contribution in [1.29, 1.82) is 0 Å². The number of benzene rings is 1. The molecule has 0 bridgehead atoms. The van der Waals surface area contributed by atoms with Gasteiger partial charge in [-0.1, -0.05) is 0 Å². The number of rotatable bonds is 4. The van der Waals surface area contributed by atoms with E-state index in [0.29, 0.717) is 18.0 Å². The van der Waals surface area contributed by atoms with Crippen molar-refractivity contribution < 1.29 is 23.4 Å². The summed E-state index contributed by atoms with van der Waals surface area (Å²) >= 11 is 0. The standard InChI is InChI=1S/C12H10F2N2O3/c1-16-3-2-15-10(16)6-19-11-8(13)4-7(12(17)18)5-9(11)14/h2-5H,6H2,1H3,(H,17,18). The Morgan fingerprint density at radius 1 is 1.42 bits per heavy atom. The zero-order valence-electron chi connectivity index (χ0n) is 9.93. The number of aryl methyl sites for hydroxylation is 1. The van der Waals surface area contributed by atoms with E-state index in [1.54, 1.807) is 17.8 Å². The van der Waals surface area contributed by atoms with Gasteiger partial charge in [-0.3, -0.25) is 0 Å². The number of aromatic carboxylic acids is 1. The van der Waals surface area contributed by atoms with E-state index in [9.17, 15) is 13.6 Å². The first kappa shape index (κ1) is 13.0. The maximum Gasteiger partial charge on any atom is 0.335 e. The van der Waals surface area contributed by atoms with Crippen LogP contribution in [0.5, 0.6) is 5.75 Å². The quantitative estimate of drug-likeness (QED) is 0.920. The number of ether oxygens (including phenoxy) is 1. The van der Waals surface area contributed by atoms with E-state index in [-0.39, 0.29) is 6.61 Å². The maximum atomic E-state index is 13.5. The highest BCUT2D eigenvalue weighted by Gasteiger charge is 2.16. The van der Waals surface area contributed by atoms with Gasteiger partial charge in [-0.2, -0.15) is 0 Å². The fourth-order valence-electron chi connectivity index (χ4n) is 1.49. The molecule has 0 aliphatic heterocycles. The third-order valence-electron chi connectivity index (χ3n) is 2.51. The Kier molecular flexibility index (Phi) is 3.46. The number of carbonyl (C=O) groups is 1. The molecule has 1 N–H and O–H groups in total. The van der Waals surface area contributed by atoms with Crippen LogP contribution in [0.15, 0.2) is 24.5 Å². The Morgan fingerprint density at radius 3 is 2.53 bits per heavy atom. The van der Waals surface area contributed by atoms with Gasteiger partial charge in [-0.15, -0.1) is 0 Å². The fraction of sp³-hybridized carbons (Fsp3) is 0.167. The molecule has 0 saturated carbocycles. The number of hydrogen-bond acceptors (Lipinski definition) is 3. The second-order valence-electron chi connectivity index (χ2n) is 3.82. The molecular formula is C12H10F2N2O3. The molecule has 2 aromatic rings. The van der Waals surface area contributed by atoms with Crippen molar-refractivity contribution in [3.05, 3.63) is 47.5 Å². The molecule has 19 heavy (non-hydrogen) atoms. The molecule has 0 saturated heterocycles. The molecule has 0 spiro atoms. The average molecular weight is 268 g/mol. The summed E-state index contributed by atoms with van der Waals surface area (Å²) in [6.07, 6.45) is 3.19. The van der Waals surface area contributed by atoms with Crippen molar-refractivity contribution in [2.75, 3.05) is 0 Å². The lowest BCUT2D eigenvalue weighted by molar-refractivity contribution is 0.0695. The maximum absolute atomic E-state index is 13.5. The van der Waals surface area contributed by atoms with E-state index < -0.39 is 28.9 Å². The molecule has 0 aliphatic rings. The summed E-state index contributed by atoms with van der Waals surface area (Å²) in [5.41, 5.74) is -0.473. The number of halogens is 2. The molecule has 7 heteroatoms. The van der Waals surface area contributed by atoms with Gasteiger partial charge in [0.2, 0.25) is 0 Å². The van der Waals surface area contributed by atoms with E-state index >= 15 is 0 Å². The molecule has 0 amide bonds. The van der Waals surface area contributed by atoms with Gasteiger partial charge >= 0.3 is 5.97 Å². The molecule has 1 aromatic carbocycles. The van der Waals surface area contributed by atoms with Crippen LogP contribution in [0.1, 0.15) is 16.2 Å². The average Bonchev–Trinajstić information content (AvgIpc) is 2.73. The second-order valence-corrected chi connectivity index (χ2v) is 3.82. The highest BCUT2D eigenvalue weighted by atomic mass is 19.1. The number of carboxylic acids is 1. The second kappa shape index (κ2) is 5.05. The first-order valence-corrected chi connectivity index (χ1v) is 5.30. The molecule has 0 aliphatic carbocycles. The van der Waals surface area contributed by atoms with Crippen molar-refractivity contribution in [3.8, 4) is 5.75 Å². The smallest absolute Gasteiger partial charge is 0.335 e. The van der Waals surface area contributed by atoms with Crippen LogP contribution in [0, 0.1) is 11.6 Å². The predicted octanol–water partition coefficient (Wildman–Crippen LogP) is 1.98. The summed E-state index contributed by atoms with van der Waals surface area (Å²) in [5.74, 6) is -3.67. The lowest BCUT2D eigenvalue weighted by atomic mass is 10.2. The Morgan fingerprint density at radius 2 is 2.05 bits per heavy atom. The Hall–Kier alpha value is -2.44. The van der Waals surface area contributed by atoms with Gasteiger partial charge in [0.25, 0.3) is 0 Å². The number of imidazole rings is 1. The molecule has 100 valence electrons. The first-order chi connectivity index (χ1) is 8.99. The highest BCUT2D eigenvalue weighted by Crippen LogP contribution is 2.24. The van der Waals surface area contributed by atoms with E-state index in [2.05, 4.69) is 4.98 Å². The summed E-state index contributed by atoms with van der Waals surface area (Å²) in [6, 6.07) is 1.42. The minimum atomic E-state index is -1.41. The molecule has 0 atom stereocenters. The molecule has 1 aromatic heterocycles. The van der Waals surface area contributed by atoms with E-state index in [1.165, 1.54) is 6.20 Å². The topological polar surface area (TPSA) is 64.4 Å². The summed E-state index contributed by atoms with van der Waals surface area (Å²) < 4.78 is 33.7. The minimum Gasteiger partial charge on any atom is -0.480 e. The summed E-state index contributed by atoms with van der Waals surface area (Å²) in [6.45, 7) is -0.121. The van der Waals surface area contributed by atoms with E-state index in [1.807, 2.05) is 0 Å². The van der Waals surface area contributed by atoms with Crippen LogP contribution in [-0.2, 0) is 13.7 Å². The zero-order chi connectivity index (χ0) is 14.0. The molecule has 1 heterocycles. The molecule has 5 nitrogen and oxygen atoms in total. The van der Waals surface area contributed by atoms with Gasteiger partial charge in [0.1, 0.15) is 12.4 Å². The number of nitrogens with zero attached hydrogens (tertiary/aromatic N) is 2. The van der Waals surface area contributed by atoms with Crippen molar-refractivity contribution in [1.82, 2.24) is 9.55 Å². The lowest BCUT2D eigenvalue weighted by Crippen LogP contribution is -2.07. The lowest BCUT2D eigenvalue weighted by Gasteiger charge is -2.09. The van der Waals surface area contributed by atoms with Crippen LogP contribution in [0.2, 0.25) is 0 Å². The molecule has 2 rings (SSSR count). The van der Waals surface area contributed by atoms with Crippen LogP contribution < -0.4 is 4.74 Å². The van der Waals surface area contributed by atoms with Crippen LogP contribution in [0.3, 0.4) is 0 Å². The first-order valence-electron chi connectivity index (χ1n) is 5.30. The van der Waals surface area contributed by atoms with Gasteiger partial charge in [-0.25, -0.2) is 18.6 Å². The van der Waals surface area contributed by atoms with Crippen LogP contribution in [0.4, 0.5) is 8.78 Å². The van der Waals surface area contributed by atoms with Crippen LogP contribution >= 0.6 is 0 Å². The summed E-state index contributed by atoms with van der Waals surface area (Å²) in [4.78, 5) is 14.6. The molecule has 0 fully saturated rings. The number of carboxylic acid groups (broad SMARTS) is 1. The fourth-order valence-corrected chi connectivity index (χ4v) is 1.49. The van der Waals surface area contributed by atoms with Gasteiger partial charge in [-0.05, 0) is 12.1 Å². The Bertz CT molecular complexity index is 602. The van der Waals surface area contributed by atoms with Gasteiger partial charge < -0.3 is 14.4 Å². The van der Waals surface area contributed by atoms with Crippen LogP contribution in [-0.4, -0.2) is 20.6 Å². The SMILES string of the molecule is Cn1ccnc1COc1c(F)cc(C(=O)O)cc1F.